The summed E-state index contributed by atoms with van der Waals surface area (Å²) in [5.41, 5.74) is 6.04. The molecule has 5 N–H and O–H groups in total. The van der Waals surface area contributed by atoms with Crippen LogP contribution < -0.4 is 21.1 Å². The van der Waals surface area contributed by atoms with Crippen LogP contribution in [0, 0.1) is 0 Å². The Morgan fingerprint density at radius 2 is 1.73 bits per heavy atom. The van der Waals surface area contributed by atoms with Gasteiger partial charge in [0, 0.05) is 24.2 Å². The van der Waals surface area contributed by atoms with E-state index in [0.717, 1.165) is 0 Å². The van der Waals surface area contributed by atoms with Crippen LogP contribution in [0.25, 0.3) is 0 Å². The fraction of sp³-hybridized carbons (Fsp3) is 0.250. The van der Waals surface area contributed by atoms with Crippen LogP contribution in [0.15, 0.2) is 48.5 Å². The number of carbonyl (C=O) groups is 3. The van der Waals surface area contributed by atoms with E-state index in [1.807, 2.05) is 0 Å². The quantitative estimate of drug-likeness (QED) is 0.451. The van der Waals surface area contributed by atoms with E-state index >= 15 is 0 Å². The molecule has 160 valence electrons. The van der Waals surface area contributed by atoms with Gasteiger partial charge in [0.25, 0.3) is 11.8 Å². The van der Waals surface area contributed by atoms with Crippen molar-refractivity contribution in [2.75, 3.05) is 22.3 Å². The number of hydrogen-bond acceptors (Lipinski definition) is 5. The first-order valence-electron chi connectivity index (χ1n) is 9.29. The first kappa shape index (κ1) is 22.9. The van der Waals surface area contributed by atoms with Gasteiger partial charge in [0.2, 0.25) is 15.9 Å². The molecule has 0 radical (unpaired) electrons. The molecule has 9 nitrogen and oxygen atoms in total. The molecule has 0 aliphatic rings. The second kappa shape index (κ2) is 10.4. The van der Waals surface area contributed by atoms with Crippen molar-refractivity contribution < 1.29 is 22.8 Å². The molecule has 0 aliphatic carbocycles. The van der Waals surface area contributed by atoms with Gasteiger partial charge in [-0.15, -0.1) is 0 Å². The molecular weight excluding hydrogens is 408 g/mol. The van der Waals surface area contributed by atoms with Crippen LogP contribution in [0.1, 0.15) is 40.5 Å². The third-order valence-corrected chi connectivity index (χ3v) is 5.44. The predicted octanol–water partition coefficient (Wildman–Crippen LogP) is 1.70. The highest BCUT2D eigenvalue weighted by atomic mass is 32.2. The van der Waals surface area contributed by atoms with Gasteiger partial charge in [-0.1, -0.05) is 25.1 Å². The average Bonchev–Trinajstić information content (AvgIpc) is 2.67. The Labute approximate surface area is 175 Å². The number of nitrogens with two attached hydrogens (primary N) is 1. The molecular formula is C20H24N4O5S. The average molecular weight is 433 g/mol. The summed E-state index contributed by atoms with van der Waals surface area (Å²) in [6.07, 6.45) is 0.467. The summed E-state index contributed by atoms with van der Waals surface area (Å²) < 4.78 is 26.3. The van der Waals surface area contributed by atoms with E-state index in [2.05, 4.69) is 15.4 Å². The van der Waals surface area contributed by atoms with Crippen LogP contribution in [0.3, 0.4) is 0 Å². The number of rotatable bonds is 10. The smallest absolute Gasteiger partial charge is 0.255 e. The van der Waals surface area contributed by atoms with Crippen LogP contribution in [0.2, 0.25) is 0 Å². The number of benzene rings is 2. The lowest BCUT2D eigenvalue weighted by Gasteiger charge is -2.12. The molecule has 3 amide bonds. The van der Waals surface area contributed by atoms with E-state index in [0.29, 0.717) is 6.42 Å². The van der Waals surface area contributed by atoms with Gasteiger partial charge in [-0.25, -0.2) is 8.42 Å². The third kappa shape index (κ3) is 6.89. The van der Waals surface area contributed by atoms with E-state index in [4.69, 9.17) is 5.73 Å². The second-order valence-electron chi connectivity index (χ2n) is 6.47. The minimum atomic E-state index is -3.49. The van der Waals surface area contributed by atoms with E-state index in [9.17, 15) is 22.8 Å². The van der Waals surface area contributed by atoms with Crippen LogP contribution in [0.4, 0.5) is 11.4 Å². The van der Waals surface area contributed by atoms with Gasteiger partial charge < -0.3 is 16.4 Å². The Hall–Kier alpha value is -3.40. The zero-order valence-electron chi connectivity index (χ0n) is 16.5. The van der Waals surface area contributed by atoms with Gasteiger partial charge in [-0.2, -0.15) is 0 Å². The zero-order valence-corrected chi connectivity index (χ0v) is 17.3. The summed E-state index contributed by atoms with van der Waals surface area (Å²) in [5.74, 6) is -1.54. The Bertz CT molecular complexity index is 1040. The maximum Gasteiger partial charge on any atom is 0.255 e. The van der Waals surface area contributed by atoms with E-state index in [-0.39, 0.29) is 41.2 Å². The largest absolute Gasteiger partial charge is 0.370 e. The summed E-state index contributed by atoms with van der Waals surface area (Å²) in [6, 6.07) is 12.4. The molecule has 2 aromatic rings. The molecule has 2 rings (SSSR count). The van der Waals surface area contributed by atoms with Crippen molar-refractivity contribution in [1.82, 2.24) is 5.32 Å². The molecule has 0 fully saturated rings. The van der Waals surface area contributed by atoms with E-state index < -0.39 is 27.7 Å². The number of anilines is 2. The lowest BCUT2D eigenvalue weighted by Crippen LogP contribution is -2.28. The Kier molecular flexibility index (Phi) is 7.93. The van der Waals surface area contributed by atoms with E-state index in [1.165, 1.54) is 18.2 Å². The molecule has 0 aromatic heterocycles. The van der Waals surface area contributed by atoms with Crippen molar-refractivity contribution in [2.24, 2.45) is 5.73 Å². The van der Waals surface area contributed by atoms with Crippen molar-refractivity contribution in [3.05, 3.63) is 59.7 Å². The van der Waals surface area contributed by atoms with Gasteiger partial charge in [0.15, 0.2) is 0 Å². The van der Waals surface area contributed by atoms with E-state index in [1.54, 1.807) is 37.3 Å². The maximum atomic E-state index is 12.7. The van der Waals surface area contributed by atoms with Crippen LogP contribution in [-0.4, -0.2) is 38.4 Å². The number of nitrogens with one attached hydrogen (secondary N) is 3. The van der Waals surface area contributed by atoms with Gasteiger partial charge >= 0.3 is 0 Å². The van der Waals surface area contributed by atoms with Gasteiger partial charge in [-0.05, 0) is 36.8 Å². The van der Waals surface area contributed by atoms with Crippen LogP contribution in [0.5, 0.6) is 0 Å². The monoisotopic (exact) mass is 432 g/mol. The van der Waals surface area contributed by atoms with Crippen LogP contribution in [-0.2, 0) is 14.8 Å². The summed E-state index contributed by atoms with van der Waals surface area (Å²) in [6.45, 7) is 1.83. The fourth-order valence-corrected chi connectivity index (χ4v) is 3.73. The minimum absolute atomic E-state index is 0.000989. The van der Waals surface area contributed by atoms with Crippen molar-refractivity contribution in [2.45, 2.75) is 19.8 Å². The molecule has 30 heavy (non-hydrogen) atoms. The normalized spacial score (nSPS) is 10.8. The molecule has 0 saturated carbocycles. The number of para-hydroxylation sites is 1. The first-order chi connectivity index (χ1) is 14.2. The minimum Gasteiger partial charge on any atom is -0.370 e. The molecule has 10 heteroatoms. The second-order valence-corrected chi connectivity index (χ2v) is 8.32. The van der Waals surface area contributed by atoms with Crippen molar-refractivity contribution >= 4 is 39.1 Å². The number of hydrogen-bond donors (Lipinski definition) is 4. The number of primary amides is 1. The summed E-state index contributed by atoms with van der Waals surface area (Å²) in [7, 11) is -3.49. The van der Waals surface area contributed by atoms with Crippen molar-refractivity contribution in [3.8, 4) is 0 Å². The fourth-order valence-electron chi connectivity index (χ4n) is 2.60. The lowest BCUT2D eigenvalue weighted by molar-refractivity contribution is -0.117. The molecule has 0 heterocycles. The number of carbonyl (C=O) groups excluding carboxylic acids is 3. The Morgan fingerprint density at radius 3 is 2.43 bits per heavy atom. The molecule has 0 aliphatic heterocycles. The Balaban J connectivity index is 2.14. The van der Waals surface area contributed by atoms with Crippen molar-refractivity contribution in [1.29, 1.82) is 0 Å². The molecule has 2 aromatic carbocycles. The summed E-state index contributed by atoms with van der Waals surface area (Å²) in [5, 5.41) is 5.22. The van der Waals surface area contributed by atoms with Gasteiger partial charge in [0.1, 0.15) is 0 Å². The standard InChI is InChI=1S/C20H24N4O5S/c1-2-12-30(28,29)24-15-7-5-6-14(13-15)19(26)23-17-9-4-3-8-16(17)20(27)22-11-10-18(21)25/h3-9,13,24H,2,10-12H2,1H3,(H2,21,25)(H,22,27)(H,23,26). The molecule has 0 bridgehead atoms. The van der Waals surface area contributed by atoms with Crippen LogP contribution >= 0.6 is 0 Å². The van der Waals surface area contributed by atoms with Gasteiger partial charge in [0.05, 0.1) is 17.0 Å². The lowest BCUT2D eigenvalue weighted by atomic mass is 10.1. The highest BCUT2D eigenvalue weighted by Crippen LogP contribution is 2.18. The van der Waals surface area contributed by atoms with Crippen molar-refractivity contribution in [3.63, 3.8) is 0 Å². The topological polar surface area (TPSA) is 147 Å². The SMILES string of the molecule is CCCS(=O)(=O)Nc1cccc(C(=O)Nc2ccccc2C(=O)NCCC(N)=O)c1. The summed E-state index contributed by atoms with van der Waals surface area (Å²) in [4.78, 5) is 35.8. The first-order valence-corrected chi connectivity index (χ1v) is 10.9. The van der Waals surface area contributed by atoms with Gasteiger partial charge in [-0.3, -0.25) is 19.1 Å². The molecule has 0 saturated heterocycles. The maximum absolute atomic E-state index is 12.7. The zero-order chi connectivity index (χ0) is 22.1. The molecule has 0 unspecified atom stereocenters. The number of amides is 3. The summed E-state index contributed by atoms with van der Waals surface area (Å²) >= 11 is 0. The highest BCUT2D eigenvalue weighted by Gasteiger charge is 2.15. The number of sulfonamides is 1. The molecule has 0 atom stereocenters. The molecule has 0 spiro atoms. The highest BCUT2D eigenvalue weighted by molar-refractivity contribution is 7.92. The third-order valence-electron chi connectivity index (χ3n) is 3.95. The predicted molar refractivity (Wildman–Crippen MR) is 115 cm³/mol. The Morgan fingerprint density at radius 1 is 1.00 bits per heavy atom.